The number of sulfonamides is 1. The average Bonchev–Trinajstić information content (AvgIpc) is 2.18. The molecule has 0 aromatic heterocycles. The van der Waals surface area contributed by atoms with E-state index in [1.54, 1.807) is 7.11 Å². The minimum atomic E-state index is -3.12. The standard InChI is InChI=1S/C8H16BrNO3S/c1-7-3-4-10(5-8(7)13-2)14(11,12)6-9/h7-8H,3-6H2,1-2H3. The Morgan fingerprint density at radius 2 is 2.21 bits per heavy atom. The van der Waals surface area contributed by atoms with Crippen LogP contribution < -0.4 is 0 Å². The van der Waals surface area contributed by atoms with Gasteiger partial charge in [-0.2, -0.15) is 4.31 Å². The Labute approximate surface area is 93.8 Å². The van der Waals surface area contributed by atoms with Crippen LogP contribution in [0.5, 0.6) is 0 Å². The number of methoxy groups -OCH3 is 1. The van der Waals surface area contributed by atoms with Crippen LogP contribution in [-0.4, -0.2) is 43.7 Å². The molecule has 14 heavy (non-hydrogen) atoms. The summed E-state index contributed by atoms with van der Waals surface area (Å²) in [6.45, 7) is 3.17. The second kappa shape index (κ2) is 4.92. The lowest BCUT2D eigenvalue weighted by molar-refractivity contribution is 0.0185. The summed E-state index contributed by atoms with van der Waals surface area (Å²) < 4.78 is 29.8. The quantitative estimate of drug-likeness (QED) is 0.728. The molecule has 84 valence electrons. The summed E-state index contributed by atoms with van der Waals surface area (Å²) in [4.78, 5) is 0. The van der Waals surface area contributed by atoms with Gasteiger partial charge in [-0.05, 0) is 12.3 Å². The smallest absolute Gasteiger partial charge is 0.224 e. The molecule has 0 amide bonds. The number of halogens is 1. The molecule has 0 aromatic rings. The van der Waals surface area contributed by atoms with Crippen LogP contribution >= 0.6 is 15.9 Å². The molecule has 0 aromatic carbocycles. The second-order valence-corrected chi connectivity index (χ2v) is 6.89. The molecular formula is C8H16BrNO3S. The number of hydrogen-bond acceptors (Lipinski definition) is 3. The third kappa shape index (κ3) is 2.68. The fraction of sp³-hybridized carbons (Fsp3) is 1.00. The van der Waals surface area contributed by atoms with Gasteiger partial charge >= 0.3 is 0 Å². The Kier molecular flexibility index (Phi) is 4.36. The summed E-state index contributed by atoms with van der Waals surface area (Å²) in [6, 6.07) is 0. The first kappa shape index (κ1) is 12.4. The molecule has 0 aliphatic carbocycles. The maximum atomic E-state index is 11.5. The molecule has 2 atom stereocenters. The summed E-state index contributed by atoms with van der Waals surface area (Å²) in [5.74, 6) is 0.432. The molecule has 1 aliphatic rings. The van der Waals surface area contributed by atoms with Gasteiger partial charge < -0.3 is 4.74 Å². The number of rotatable bonds is 3. The molecule has 1 saturated heterocycles. The Hall–Kier alpha value is 0.350. The van der Waals surface area contributed by atoms with Gasteiger partial charge in [-0.25, -0.2) is 8.42 Å². The van der Waals surface area contributed by atoms with Crippen LogP contribution in [0.1, 0.15) is 13.3 Å². The van der Waals surface area contributed by atoms with Gasteiger partial charge in [0.1, 0.15) is 4.66 Å². The van der Waals surface area contributed by atoms with Crippen LogP contribution in [0, 0.1) is 5.92 Å². The van der Waals surface area contributed by atoms with Crippen LogP contribution in [0.4, 0.5) is 0 Å². The van der Waals surface area contributed by atoms with Crippen molar-refractivity contribution in [1.82, 2.24) is 4.31 Å². The van der Waals surface area contributed by atoms with Crippen molar-refractivity contribution in [2.45, 2.75) is 19.4 Å². The van der Waals surface area contributed by atoms with Crippen LogP contribution in [0.25, 0.3) is 0 Å². The summed E-state index contributed by atoms with van der Waals surface area (Å²) in [5, 5.41) is 0. The Morgan fingerprint density at radius 3 is 2.71 bits per heavy atom. The average molecular weight is 286 g/mol. The van der Waals surface area contributed by atoms with Crippen LogP contribution in [0.3, 0.4) is 0 Å². The van der Waals surface area contributed by atoms with Crippen molar-refractivity contribution in [1.29, 1.82) is 0 Å². The van der Waals surface area contributed by atoms with Crippen molar-refractivity contribution >= 4 is 26.0 Å². The molecule has 1 rings (SSSR count). The number of hydrogen-bond donors (Lipinski definition) is 0. The molecule has 1 fully saturated rings. The summed E-state index contributed by atoms with van der Waals surface area (Å²) in [5.41, 5.74) is 0. The van der Waals surface area contributed by atoms with E-state index >= 15 is 0 Å². The zero-order valence-electron chi connectivity index (χ0n) is 8.44. The topological polar surface area (TPSA) is 46.6 Å². The lowest BCUT2D eigenvalue weighted by Gasteiger charge is -2.34. The molecule has 2 unspecified atom stereocenters. The first-order valence-electron chi connectivity index (χ1n) is 4.58. The van der Waals surface area contributed by atoms with E-state index in [0.717, 1.165) is 6.42 Å². The van der Waals surface area contributed by atoms with Crippen molar-refractivity contribution in [3.63, 3.8) is 0 Å². The van der Waals surface area contributed by atoms with Crippen LogP contribution in [0.2, 0.25) is 0 Å². The Bertz CT molecular complexity index is 280. The van der Waals surface area contributed by atoms with E-state index in [1.807, 2.05) is 0 Å². The SMILES string of the molecule is COC1CN(S(=O)(=O)CBr)CCC1C. The van der Waals surface area contributed by atoms with E-state index in [0.29, 0.717) is 19.0 Å². The van der Waals surface area contributed by atoms with Crippen molar-refractivity contribution in [2.75, 3.05) is 24.9 Å². The molecular weight excluding hydrogens is 270 g/mol. The molecule has 0 spiro atoms. The first-order chi connectivity index (χ1) is 6.51. The van der Waals surface area contributed by atoms with Gasteiger partial charge in [-0.1, -0.05) is 22.9 Å². The van der Waals surface area contributed by atoms with Gasteiger partial charge in [0, 0.05) is 20.2 Å². The second-order valence-electron chi connectivity index (χ2n) is 3.62. The van der Waals surface area contributed by atoms with Crippen molar-refractivity contribution in [2.24, 2.45) is 5.92 Å². The number of ether oxygens (including phenoxy) is 1. The maximum Gasteiger partial charge on any atom is 0.224 e. The number of piperidine rings is 1. The zero-order valence-corrected chi connectivity index (χ0v) is 10.8. The number of alkyl halides is 1. The largest absolute Gasteiger partial charge is 0.380 e. The predicted octanol–water partition coefficient (Wildman–Crippen LogP) is 1.03. The molecule has 0 saturated carbocycles. The minimum Gasteiger partial charge on any atom is -0.380 e. The molecule has 0 bridgehead atoms. The van der Waals surface area contributed by atoms with E-state index < -0.39 is 10.0 Å². The summed E-state index contributed by atoms with van der Waals surface area (Å²) in [6.07, 6.45) is 0.891. The fourth-order valence-electron chi connectivity index (χ4n) is 1.63. The Balaban J connectivity index is 2.68. The van der Waals surface area contributed by atoms with Crippen molar-refractivity contribution in [3.8, 4) is 0 Å². The predicted molar refractivity (Wildman–Crippen MR) is 58.9 cm³/mol. The van der Waals surface area contributed by atoms with Gasteiger partial charge in [-0.15, -0.1) is 0 Å². The molecule has 1 heterocycles. The summed E-state index contributed by atoms with van der Waals surface area (Å²) in [7, 11) is -1.49. The summed E-state index contributed by atoms with van der Waals surface area (Å²) >= 11 is 2.99. The molecule has 4 nitrogen and oxygen atoms in total. The molecule has 0 radical (unpaired) electrons. The monoisotopic (exact) mass is 285 g/mol. The highest BCUT2D eigenvalue weighted by Gasteiger charge is 2.31. The fourth-order valence-corrected chi connectivity index (χ4v) is 3.40. The third-order valence-corrected chi connectivity index (χ3v) is 5.82. The van der Waals surface area contributed by atoms with Crippen molar-refractivity contribution in [3.05, 3.63) is 0 Å². The first-order valence-corrected chi connectivity index (χ1v) is 7.31. The number of nitrogens with zero attached hydrogens (tertiary/aromatic N) is 1. The van der Waals surface area contributed by atoms with E-state index in [2.05, 4.69) is 22.9 Å². The highest BCUT2D eigenvalue weighted by Crippen LogP contribution is 2.22. The normalized spacial score (nSPS) is 30.5. The van der Waals surface area contributed by atoms with Gasteiger partial charge in [0.2, 0.25) is 10.0 Å². The van der Waals surface area contributed by atoms with E-state index in [9.17, 15) is 8.42 Å². The molecule has 1 aliphatic heterocycles. The van der Waals surface area contributed by atoms with Crippen molar-refractivity contribution < 1.29 is 13.2 Å². The third-order valence-electron chi connectivity index (χ3n) is 2.69. The van der Waals surface area contributed by atoms with E-state index in [1.165, 1.54) is 4.31 Å². The van der Waals surface area contributed by atoms with Crippen LogP contribution in [-0.2, 0) is 14.8 Å². The zero-order chi connectivity index (χ0) is 10.8. The van der Waals surface area contributed by atoms with Gasteiger partial charge in [0.25, 0.3) is 0 Å². The van der Waals surface area contributed by atoms with E-state index in [4.69, 9.17) is 4.74 Å². The minimum absolute atomic E-state index is 0.00911. The van der Waals surface area contributed by atoms with Gasteiger partial charge in [0.15, 0.2) is 0 Å². The highest BCUT2D eigenvalue weighted by molar-refractivity contribution is 9.10. The molecule has 0 N–H and O–H groups in total. The Morgan fingerprint density at radius 1 is 1.57 bits per heavy atom. The lowest BCUT2D eigenvalue weighted by atomic mass is 9.97. The maximum absolute atomic E-state index is 11.5. The molecule has 6 heteroatoms. The highest BCUT2D eigenvalue weighted by atomic mass is 79.9. The van der Waals surface area contributed by atoms with Crippen LogP contribution in [0.15, 0.2) is 0 Å². The van der Waals surface area contributed by atoms with Gasteiger partial charge in [-0.3, -0.25) is 0 Å². The van der Waals surface area contributed by atoms with Gasteiger partial charge in [0.05, 0.1) is 6.10 Å². The lowest BCUT2D eigenvalue weighted by Crippen LogP contribution is -2.46. The van der Waals surface area contributed by atoms with E-state index in [-0.39, 0.29) is 10.8 Å².